The number of H-pyrrole nitrogens is 1. The summed E-state index contributed by atoms with van der Waals surface area (Å²) in [5.41, 5.74) is 1.55. The Morgan fingerprint density at radius 2 is 2.36 bits per heavy atom. The zero-order valence-corrected chi connectivity index (χ0v) is 8.69. The molecule has 74 valence electrons. The molecule has 0 amide bonds. The number of rotatable bonds is 0. The first kappa shape index (κ1) is 9.52. The van der Waals surface area contributed by atoms with Crippen molar-refractivity contribution in [3.63, 3.8) is 0 Å². The average molecular weight is 208 g/mol. The molecule has 2 heterocycles. The van der Waals surface area contributed by atoms with Gasteiger partial charge in [0.15, 0.2) is 0 Å². The third-order valence-electron chi connectivity index (χ3n) is 2.28. The maximum Gasteiger partial charge on any atom is 0.259 e. The van der Waals surface area contributed by atoms with Crippen LogP contribution in [0.15, 0.2) is 22.7 Å². The Morgan fingerprint density at radius 3 is 3.21 bits per heavy atom. The molecule has 1 aliphatic rings. The van der Waals surface area contributed by atoms with Crippen LogP contribution in [0.3, 0.4) is 0 Å². The van der Waals surface area contributed by atoms with Crippen molar-refractivity contribution in [1.82, 2.24) is 9.97 Å². The van der Waals surface area contributed by atoms with Crippen LogP contribution in [-0.2, 0) is 0 Å². The van der Waals surface area contributed by atoms with Crippen molar-refractivity contribution >= 4 is 17.3 Å². The van der Waals surface area contributed by atoms with E-state index in [-0.39, 0.29) is 5.56 Å². The molecule has 0 atom stereocenters. The molecule has 2 rings (SSSR count). The summed E-state index contributed by atoms with van der Waals surface area (Å²) in [5.74, 6) is 1.04. The molecule has 0 spiro atoms. The zero-order chi connectivity index (χ0) is 9.97. The zero-order valence-electron chi connectivity index (χ0n) is 7.88. The maximum atomic E-state index is 11.6. The fourth-order valence-electron chi connectivity index (χ4n) is 1.54. The minimum Gasteiger partial charge on any atom is -0.313 e. The molecule has 1 aromatic rings. The van der Waals surface area contributed by atoms with Gasteiger partial charge in [-0.25, -0.2) is 4.98 Å². The molecule has 1 aromatic heterocycles. The molecule has 0 bridgehead atoms. The first-order valence-corrected chi connectivity index (χ1v) is 5.66. The monoisotopic (exact) mass is 208 g/mol. The number of nitrogens with one attached hydrogen (secondary N) is 1. The topological polar surface area (TPSA) is 45.8 Å². The Morgan fingerprint density at radius 1 is 1.50 bits per heavy atom. The third kappa shape index (κ3) is 1.75. The van der Waals surface area contributed by atoms with Crippen molar-refractivity contribution < 1.29 is 0 Å². The first-order chi connectivity index (χ1) is 6.79. The molecule has 14 heavy (non-hydrogen) atoms. The Bertz CT molecular complexity index is 411. The quantitative estimate of drug-likeness (QED) is 0.664. The second-order valence-corrected chi connectivity index (χ2v) is 4.40. The number of hydrogen-bond acceptors (Lipinski definition) is 3. The van der Waals surface area contributed by atoms with Crippen LogP contribution in [0.2, 0.25) is 0 Å². The average Bonchev–Trinajstić information content (AvgIpc) is 2.13. The van der Waals surface area contributed by atoms with E-state index in [0.717, 1.165) is 35.6 Å². The SMILES string of the molecule is C=C1CCCCSc2nc[nH]c(=O)c21. The van der Waals surface area contributed by atoms with E-state index in [2.05, 4.69) is 16.5 Å². The number of fused-ring (bicyclic) bond motifs is 1. The minimum absolute atomic E-state index is 0.0607. The number of aromatic nitrogens is 2. The van der Waals surface area contributed by atoms with E-state index in [9.17, 15) is 4.79 Å². The van der Waals surface area contributed by atoms with E-state index >= 15 is 0 Å². The van der Waals surface area contributed by atoms with Crippen LogP contribution in [0.1, 0.15) is 24.8 Å². The van der Waals surface area contributed by atoms with Crippen molar-refractivity contribution in [2.45, 2.75) is 24.3 Å². The van der Waals surface area contributed by atoms with E-state index < -0.39 is 0 Å². The van der Waals surface area contributed by atoms with Gasteiger partial charge in [0.05, 0.1) is 11.9 Å². The van der Waals surface area contributed by atoms with Gasteiger partial charge in [-0.2, -0.15) is 0 Å². The fraction of sp³-hybridized carbons (Fsp3) is 0.400. The predicted octanol–water partition coefficient (Wildman–Crippen LogP) is 2.06. The lowest BCUT2D eigenvalue weighted by Gasteiger charge is -2.12. The van der Waals surface area contributed by atoms with Crippen molar-refractivity contribution in [3.8, 4) is 0 Å². The van der Waals surface area contributed by atoms with Crippen molar-refractivity contribution in [2.75, 3.05) is 5.75 Å². The Balaban J connectivity index is 2.52. The summed E-state index contributed by atoms with van der Waals surface area (Å²) in [6.45, 7) is 3.94. The summed E-state index contributed by atoms with van der Waals surface area (Å²) >= 11 is 1.65. The van der Waals surface area contributed by atoms with Crippen LogP contribution in [0.4, 0.5) is 0 Å². The lowest BCUT2D eigenvalue weighted by atomic mass is 10.0. The molecule has 0 saturated heterocycles. The fourth-order valence-corrected chi connectivity index (χ4v) is 2.59. The Hall–Kier alpha value is -1.03. The molecule has 1 aliphatic heterocycles. The molecule has 1 N–H and O–H groups in total. The van der Waals surface area contributed by atoms with E-state index in [0.29, 0.717) is 5.56 Å². The van der Waals surface area contributed by atoms with E-state index in [1.165, 1.54) is 6.33 Å². The van der Waals surface area contributed by atoms with Gasteiger partial charge in [-0.1, -0.05) is 6.58 Å². The number of nitrogens with zero attached hydrogens (tertiary/aromatic N) is 1. The third-order valence-corrected chi connectivity index (χ3v) is 3.36. The summed E-state index contributed by atoms with van der Waals surface area (Å²) in [6.07, 6.45) is 4.64. The number of hydrogen-bond donors (Lipinski definition) is 1. The van der Waals surface area contributed by atoms with Crippen LogP contribution in [0, 0.1) is 0 Å². The van der Waals surface area contributed by atoms with Gasteiger partial charge in [0.1, 0.15) is 5.03 Å². The van der Waals surface area contributed by atoms with Gasteiger partial charge < -0.3 is 4.98 Å². The van der Waals surface area contributed by atoms with Gasteiger partial charge in [0, 0.05) is 0 Å². The predicted molar refractivity (Wildman–Crippen MR) is 58.5 cm³/mol. The summed E-state index contributed by atoms with van der Waals surface area (Å²) in [6, 6.07) is 0. The van der Waals surface area contributed by atoms with Gasteiger partial charge in [0.2, 0.25) is 0 Å². The molecular formula is C10H12N2OS. The highest BCUT2D eigenvalue weighted by Gasteiger charge is 2.14. The molecule has 0 saturated carbocycles. The molecule has 0 unspecified atom stereocenters. The molecule has 4 heteroatoms. The molecule has 3 nitrogen and oxygen atoms in total. The summed E-state index contributed by atoms with van der Waals surface area (Å²) in [7, 11) is 0. The minimum atomic E-state index is -0.0607. The van der Waals surface area contributed by atoms with Crippen molar-refractivity contribution in [2.24, 2.45) is 0 Å². The number of thioether (sulfide) groups is 1. The Labute approximate surface area is 86.6 Å². The van der Waals surface area contributed by atoms with E-state index in [4.69, 9.17) is 0 Å². The highest BCUT2D eigenvalue weighted by molar-refractivity contribution is 7.99. The smallest absolute Gasteiger partial charge is 0.259 e. The molecule has 0 fully saturated rings. The highest BCUT2D eigenvalue weighted by Crippen LogP contribution is 2.29. The van der Waals surface area contributed by atoms with Gasteiger partial charge in [0.25, 0.3) is 5.56 Å². The lowest BCUT2D eigenvalue weighted by Crippen LogP contribution is -2.15. The van der Waals surface area contributed by atoms with Crippen molar-refractivity contribution in [1.29, 1.82) is 0 Å². The second kappa shape index (κ2) is 4.00. The maximum absolute atomic E-state index is 11.6. The Kier molecular flexibility index (Phi) is 2.72. The van der Waals surface area contributed by atoms with Gasteiger partial charge in [-0.05, 0) is 30.6 Å². The van der Waals surface area contributed by atoms with Crippen LogP contribution in [0.5, 0.6) is 0 Å². The first-order valence-electron chi connectivity index (χ1n) is 4.67. The highest BCUT2D eigenvalue weighted by atomic mass is 32.2. The van der Waals surface area contributed by atoms with Crippen LogP contribution in [0.25, 0.3) is 5.57 Å². The normalized spacial score (nSPS) is 17.0. The lowest BCUT2D eigenvalue weighted by molar-refractivity contribution is 0.817. The van der Waals surface area contributed by atoms with E-state index in [1.807, 2.05) is 0 Å². The van der Waals surface area contributed by atoms with Gasteiger partial charge >= 0.3 is 0 Å². The van der Waals surface area contributed by atoms with Crippen LogP contribution >= 0.6 is 11.8 Å². The second-order valence-electron chi connectivity index (χ2n) is 3.32. The number of aromatic amines is 1. The summed E-state index contributed by atoms with van der Waals surface area (Å²) < 4.78 is 0. The molecular weight excluding hydrogens is 196 g/mol. The summed E-state index contributed by atoms with van der Waals surface area (Å²) in [4.78, 5) is 18.3. The number of allylic oxidation sites excluding steroid dienone is 1. The van der Waals surface area contributed by atoms with Gasteiger partial charge in [-0.15, -0.1) is 11.8 Å². The standard InChI is InChI=1S/C10H12N2OS/c1-7-4-2-3-5-14-10-8(7)9(13)11-6-12-10/h6H,1-5H2,(H,11,12,13). The molecule has 0 radical (unpaired) electrons. The van der Waals surface area contributed by atoms with Gasteiger partial charge in [-0.3, -0.25) is 4.79 Å². The largest absolute Gasteiger partial charge is 0.313 e. The van der Waals surface area contributed by atoms with Crippen LogP contribution < -0.4 is 5.56 Å². The summed E-state index contributed by atoms with van der Waals surface area (Å²) in [5, 5.41) is 0.832. The molecule has 0 aromatic carbocycles. The molecule has 0 aliphatic carbocycles. The van der Waals surface area contributed by atoms with Crippen molar-refractivity contribution in [3.05, 3.63) is 28.8 Å². The van der Waals surface area contributed by atoms with E-state index in [1.54, 1.807) is 11.8 Å². The van der Waals surface area contributed by atoms with Crippen LogP contribution in [-0.4, -0.2) is 15.7 Å².